The van der Waals surface area contributed by atoms with Gasteiger partial charge in [0.25, 0.3) is 0 Å². The smallest absolute Gasteiger partial charge is 0.306 e. The molecule has 1 aliphatic rings. The molecule has 2 aromatic rings. The van der Waals surface area contributed by atoms with Crippen molar-refractivity contribution in [2.24, 2.45) is 5.92 Å². The van der Waals surface area contributed by atoms with Crippen LogP contribution < -0.4 is 5.32 Å². The number of aryl methyl sites for hydroxylation is 2. The number of pyridine rings is 1. The van der Waals surface area contributed by atoms with Crippen LogP contribution in [0.4, 0.5) is 11.6 Å². The molecule has 4 N–H and O–H groups in total. The van der Waals surface area contributed by atoms with Crippen molar-refractivity contribution in [3.8, 4) is 0 Å². The normalized spacial score (nSPS) is 23.9. The highest BCUT2D eigenvalue weighted by atomic mass is 16.4. The van der Waals surface area contributed by atoms with Crippen molar-refractivity contribution in [3.63, 3.8) is 0 Å². The van der Waals surface area contributed by atoms with Crippen molar-refractivity contribution in [1.29, 1.82) is 0 Å². The Morgan fingerprint density at radius 2 is 1.96 bits per heavy atom. The minimum absolute atomic E-state index is 0.375. The van der Waals surface area contributed by atoms with E-state index in [1.807, 2.05) is 32.0 Å². The number of carbonyl (C=O) groups is 1. The summed E-state index contributed by atoms with van der Waals surface area (Å²) in [6.45, 7) is 3.86. The van der Waals surface area contributed by atoms with Gasteiger partial charge in [0.05, 0.1) is 11.6 Å². The number of carboxylic acids is 1. The lowest BCUT2D eigenvalue weighted by molar-refractivity contribution is -0.145. The first-order chi connectivity index (χ1) is 11.4. The molecule has 0 atom stereocenters. The number of aliphatic hydroxyl groups is 1. The fraction of sp³-hybridized carbons (Fsp3) is 0.471. The molecule has 0 saturated heterocycles. The van der Waals surface area contributed by atoms with Crippen LogP contribution >= 0.6 is 0 Å². The van der Waals surface area contributed by atoms with Crippen LogP contribution in [0.1, 0.15) is 42.6 Å². The average Bonchev–Trinajstić information content (AvgIpc) is 2.92. The molecule has 24 heavy (non-hydrogen) atoms. The van der Waals surface area contributed by atoms with Gasteiger partial charge in [-0.3, -0.25) is 9.89 Å². The number of hydrogen-bond acceptors (Lipinski definition) is 5. The summed E-state index contributed by atoms with van der Waals surface area (Å²) in [5.41, 5.74) is 1.43. The molecule has 128 valence electrons. The number of aromatic amines is 1. The molecular formula is C17H22N4O3. The van der Waals surface area contributed by atoms with Crippen LogP contribution in [0.2, 0.25) is 0 Å². The maximum absolute atomic E-state index is 11.1. The Balaban J connectivity index is 1.82. The molecule has 7 nitrogen and oxygen atoms in total. The Morgan fingerprint density at radius 3 is 2.54 bits per heavy atom. The van der Waals surface area contributed by atoms with Crippen molar-refractivity contribution in [1.82, 2.24) is 15.2 Å². The number of H-pyrrole nitrogens is 1. The van der Waals surface area contributed by atoms with E-state index in [4.69, 9.17) is 5.11 Å². The van der Waals surface area contributed by atoms with E-state index in [1.54, 1.807) is 0 Å². The van der Waals surface area contributed by atoms with Gasteiger partial charge >= 0.3 is 5.97 Å². The highest BCUT2D eigenvalue weighted by Crippen LogP contribution is 2.39. The number of aromatic nitrogens is 3. The Labute approximate surface area is 140 Å². The molecule has 2 heterocycles. The largest absolute Gasteiger partial charge is 0.481 e. The van der Waals surface area contributed by atoms with Crippen molar-refractivity contribution in [2.45, 2.75) is 45.1 Å². The van der Waals surface area contributed by atoms with Gasteiger partial charge in [-0.05, 0) is 57.2 Å². The molecule has 1 fully saturated rings. The Hall–Kier alpha value is -2.41. The molecule has 0 amide bonds. The first-order valence-corrected chi connectivity index (χ1v) is 8.09. The molecule has 0 aromatic carbocycles. The van der Waals surface area contributed by atoms with E-state index >= 15 is 0 Å². The third-order valence-corrected chi connectivity index (χ3v) is 4.57. The number of hydrogen-bond donors (Lipinski definition) is 4. The second-order valence-corrected chi connectivity index (χ2v) is 6.62. The molecule has 2 aromatic heterocycles. The fourth-order valence-electron chi connectivity index (χ4n) is 3.18. The average molecular weight is 330 g/mol. The van der Waals surface area contributed by atoms with Crippen molar-refractivity contribution in [3.05, 3.63) is 35.2 Å². The van der Waals surface area contributed by atoms with E-state index in [9.17, 15) is 9.90 Å². The van der Waals surface area contributed by atoms with Gasteiger partial charge in [-0.2, -0.15) is 5.10 Å². The zero-order valence-electron chi connectivity index (χ0n) is 13.8. The van der Waals surface area contributed by atoms with Gasteiger partial charge in [0.2, 0.25) is 0 Å². The summed E-state index contributed by atoms with van der Waals surface area (Å²) in [6.07, 6.45) is 1.73. The second kappa shape index (κ2) is 6.24. The van der Waals surface area contributed by atoms with E-state index in [0.29, 0.717) is 43.0 Å². The van der Waals surface area contributed by atoms with E-state index in [1.165, 1.54) is 0 Å². The molecule has 0 radical (unpaired) electrons. The van der Waals surface area contributed by atoms with Crippen LogP contribution in [0.5, 0.6) is 0 Å². The Morgan fingerprint density at radius 1 is 1.25 bits per heavy atom. The number of rotatable bonds is 4. The first kappa shape index (κ1) is 16.4. The lowest BCUT2D eigenvalue weighted by Gasteiger charge is -2.34. The predicted octanol–water partition coefficient (Wildman–Crippen LogP) is 2.63. The molecule has 1 saturated carbocycles. The van der Waals surface area contributed by atoms with Crippen LogP contribution in [-0.2, 0) is 10.4 Å². The monoisotopic (exact) mass is 330 g/mol. The molecule has 0 bridgehead atoms. The van der Waals surface area contributed by atoms with Crippen LogP contribution in [-0.4, -0.2) is 31.4 Å². The van der Waals surface area contributed by atoms with Crippen LogP contribution in [0, 0.1) is 19.8 Å². The lowest BCUT2D eigenvalue weighted by atomic mass is 9.77. The summed E-state index contributed by atoms with van der Waals surface area (Å²) in [6, 6.07) is 5.62. The highest BCUT2D eigenvalue weighted by molar-refractivity contribution is 5.70. The Kier molecular flexibility index (Phi) is 4.28. The lowest BCUT2D eigenvalue weighted by Crippen LogP contribution is -2.34. The van der Waals surface area contributed by atoms with E-state index in [0.717, 1.165) is 11.3 Å². The van der Waals surface area contributed by atoms with Gasteiger partial charge < -0.3 is 15.5 Å². The van der Waals surface area contributed by atoms with Crippen molar-refractivity contribution >= 4 is 17.6 Å². The minimum atomic E-state index is -1.07. The second-order valence-electron chi connectivity index (χ2n) is 6.62. The molecule has 0 spiro atoms. The third-order valence-electron chi connectivity index (χ3n) is 4.57. The SMILES string of the molecule is Cc1cc(Nc2cc(C)[nH]n2)nc([C@]2(O)CC[C@@H](C(=O)O)CC2)c1. The molecular weight excluding hydrogens is 308 g/mol. The maximum atomic E-state index is 11.1. The summed E-state index contributed by atoms with van der Waals surface area (Å²) in [5.74, 6) is 0.119. The van der Waals surface area contributed by atoms with Crippen LogP contribution in [0.25, 0.3) is 0 Å². The van der Waals surface area contributed by atoms with Crippen molar-refractivity contribution in [2.75, 3.05) is 5.32 Å². The van der Waals surface area contributed by atoms with Crippen LogP contribution in [0.3, 0.4) is 0 Å². The molecule has 0 unspecified atom stereocenters. The number of nitrogens with zero attached hydrogens (tertiary/aromatic N) is 2. The zero-order valence-corrected chi connectivity index (χ0v) is 13.8. The maximum Gasteiger partial charge on any atom is 0.306 e. The Bertz CT molecular complexity index is 748. The summed E-state index contributed by atoms with van der Waals surface area (Å²) in [7, 11) is 0. The molecule has 1 aliphatic carbocycles. The molecule has 7 heteroatoms. The van der Waals surface area contributed by atoms with E-state index in [-0.39, 0.29) is 5.92 Å². The summed E-state index contributed by atoms with van der Waals surface area (Å²) >= 11 is 0. The third kappa shape index (κ3) is 3.41. The van der Waals surface area contributed by atoms with E-state index in [2.05, 4.69) is 20.5 Å². The van der Waals surface area contributed by atoms with Gasteiger partial charge in [-0.25, -0.2) is 4.98 Å². The summed E-state index contributed by atoms with van der Waals surface area (Å²) < 4.78 is 0. The van der Waals surface area contributed by atoms with Gasteiger partial charge in [0.1, 0.15) is 11.4 Å². The van der Waals surface area contributed by atoms with Gasteiger partial charge in [0.15, 0.2) is 5.82 Å². The van der Waals surface area contributed by atoms with Crippen molar-refractivity contribution < 1.29 is 15.0 Å². The predicted molar refractivity (Wildman–Crippen MR) is 89.1 cm³/mol. The topological polar surface area (TPSA) is 111 Å². The molecule has 3 rings (SSSR count). The zero-order chi connectivity index (χ0) is 17.3. The van der Waals surface area contributed by atoms with Gasteiger partial charge in [0, 0.05) is 11.8 Å². The number of nitrogens with one attached hydrogen (secondary N) is 2. The van der Waals surface area contributed by atoms with E-state index < -0.39 is 11.6 Å². The van der Waals surface area contributed by atoms with Gasteiger partial charge in [-0.15, -0.1) is 0 Å². The highest BCUT2D eigenvalue weighted by Gasteiger charge is 2.38. The van der Waals surface area contributed by atoms with Gasteiger partial charge in [-0.1, -0.05) is 0 Å². The fourth-order valence-corrected chi connectivity index (χ4v) is 3.18. The molecule has 0 aliphatic heterocycles. The summed E-state index contributed by atoms with van der Waals surface area (Å²) in [4.78, 5) is 15.6. The number of anilines is 2. The first-order valence-electron chi connectivity index (χ1n) is 8.09. The number of carboxylic acid groups (broad SMARTS) is 1. The quantitative estimate of drug-likeness (QED) is 0.686. The standard InChI is InChI=1S/C17H22N4O3/c1-10-7-13(17(24)5-3-12(4-6-17)16(22)23)18-14(8-10)19-15-9-11(2)20-21-15/h7-9,12,24H,3-6H2,1-2H3,(H,22,23)(H2,18,19,20,21)/t12-,17+. The number of aliphatic carboxylic acids is 1. The van der Waals surface area contributed by atoms with Crippen LogP contribution in [0.15, 0.2) is 18.2 Å². The minimum Gasteiger partial charge on any atom is -0.481 e. The summed E-state index contributed by atoms with van der Waals surface area (Å²) in [5, 5.41) is 30.2.